The van der Waals surface area contributed by atoms with E-state index in [4.69, 9.17) is 15.2 Å². The number of methoxy groups -OCH3 is 1. The van der Waals surface area contributed by atoms with Gasteiger partial charge in [-0.05, 0) is 31.2 Å². The Morgan fingerprint density at radius 2 is 2.20 bits per heavy atom. The van der Waals surface area contributed by atoms with Crippen molar-refractivity contribution in [3.8, 4) is 5.75 Å². The molecular weight excluding hydrogens is 256 g/mol. The second-order valence-corrected chi connectivity index (χ2v) is 4.92. The van der Waals surface area contributed by atoms with Crippen molar-refractivity contribution < 1.29 is 14.6 Å². The first-order chi connectivity index (χ1) is 9.65. The molecule has 0 heterocycles. The summed E-state index contributed by atoms with van der Waals surface area (Å²) in [5.74, 6) is 0.744. The third-order valence-electron chi connectivity index (χ3n) is 2.99. The summed E-state index contributed by atoms with van der Waals surface area (Å²) in [7, 11) is 3.67. The van der Waals surface area contributed by atoms with Gasteiger partial charge in [0, 0.05) is 33.4 Å². The fourth-order valence-corrected chi connectivity index (χ4v) is 1.94. The van der Waals surface area contributed by atoms with E-state index in [1.165, 1.54) is 0 Å². The maximum atomic E-state index is 9.94. The number of ether oxygens (including phenoxy) is 2. The van der Waals surface area contributed by atoms with Gasteiger partial charge in [0.2, 0.25) is 0 Å². The summed E-state index contributed by atoms with van der Waals surface area (Å²) in [5.41, 5.74) is 6.60. The molecule has 0 spiro atoms. The van der Waals surface area contributed by atoms with E-state index in [1.807, 2.05) is 31.3 Å². The van der Waals surface area contributed by atoms with Crippen molar-refractivity contribution in [3.63, 3.8) is 0 Å². The van der Waals surface area contributed by atoms with Crippen LogP contribution in [0.1, 0.15) is 12.0 Å². The number of aliphatic hydroxyl groups excluding tert-OH is 1. The van der Waals surface area contributed by atoms with Crippen LogP contribution in [0.25, 0.3) is 0 Å². The van der Waals surface area contributed by atoms with Crippen LogP contribution < -0.4 is 10.5 Å². The molecule has 20 heavy (non-hydrogen) atoms. The second-order valence-electron chi connectivity index (χ2n) is 4.92. The summed E-state index contributed by atoms with van der Waals surface area (Å²) in [6.07, 6.45) is 0.447. The standard InChI is InChI=1S/C15H26N2O3/c1-17(7-4-8-19-2)11-14(18)12-20-15-6-3-5-13(9-15)10-16/h3,5-6,9,14,18H,4,7-8,10-12,16H2,1-2H3. The Balaban J connectivity index is 2.26. The van der Waals surface area contributed by atoms with Crippen LogP contribution in [0, 0.1) is 0 Å². The highest BCUT2D eigenvalue weighted by molar-refractivity contribution is 5.28. The molecule has 0 aliphatic carbocycles. The van der Waals surface area contributed by atoms with Gasteiger partial charge >= 0.3 is 0 Å². The first kappa shape index (κ1) is 16.9. The lowest BCUT2D eigenvalue weighted by Gasteiger charge is -2.20. The van der Waals surface area contributed by atoms with Crippen LogP contribution in [0.2, 0.25) is 0 Å². The van der Waals surface area contributed by atoms with Crippen molar-refractivity contribution in [1.82, 2.24) is 4.90 Å². The first-order valence-electron chi connectivity index (χ1n) is 6.93. The van der Waals surface area contributed by atoms with Crippen molar-refractivity contribution in [2.75, 3.05) is 40.5 Å². The molecule has 3 N–H and O–H groups in total. The van der Waals surface area contributed by atoms with Gasteiger partial charge in [0.05, 0.1) is 0 Å². The quantitative estimate of drug-likeness (QED) is 0.623. The van der Waals surface area contributed by atoms with Crippen LogP contribution >= 0.6 is 0 Å². The van der Waals surface area contributed by atoms with E-state index in [1.54, 1.807) is 7.11 Å². The monoisotopic (exact) mass is 282 g/mol. The van der Waals surface area contributed by atoms with Gasteiger partial charge in [0.15, 0.2) is 0 Å². The third kappa shape index (κ3) is 6.86. The van der Waals surface area contributed by atoms with Gasteiger partial charge in [-0.15, -0.1) is 0 Å². The largest absolute Gasteiger partial charge is 0.491 e. The molecule has 0 aliphatic heterocycles. The maximum Gasteiger partial charge on any atom is 0.119 e. The molecule has 0 saturated carbocycles. The SMILES string of the molecule is COCCCN(C)CC(O)COc1cccc(CN)c1. The van der Waals surface area contributed by atoms with E-state index in [0.29, 0.717) is 13.1 Å². The Morgan fingerprint density at radius 1 is 1.40 bits per heavy atom. The first-order valence-corrected chi connectivity index (χ1v) is 6.93. The predicted octanol–water partition coefficient (Wildman–Crippen LogP) is 0.853. The molecule has 1 aromatic rings. The highest BCUT2D eigenvalue weighted by Crippen LogP contribution is 2.13. The van der Waals surface area contributed by atoms with E-state index in [0.717, 1.165) is 30.9 Å². The van der Waals surface area contributed by atoms with Crippen LogP contribution in [0.3, 0.4) is 0 Å². The van der Waals surface area contributed by atoms with E-state index >= 15 is 0 Å². The summed E-state index contributed by atoms with van der Waals surface area (Å²) in [6, 6.07) is 7.62. The van der Waals surface area contributed by atoms with E-state index in [2.05, 4.69) is 4.90 Å². The Kier molecular flexibility index (Phi) is 8.22. The normalized spacial score (nSPS) is 12.7. The van der Waals surface area contributed by atoms with Crippen molar-refractivity contribution >= 4 is 0 Å². The summed E-state index contributed by atoms with van der Waals surface area (Å²) in [6.45, 7) is 2.99. The maximum absolute atomic E-state index is 9.94. The fraction of sp³-hybridized carbons (Fsp3) is 0.600. The molecule has 1 aromatic carbocycles. The molecule has 0 saturated heterocycles. The van der Waals surface area contributed by atoms with Crippen LogP contribution in [0.4, 0.5) is 0 Å². The minimum atomic E-state index is -0.510. The summed E-state index contributed by atoms with van der Waals surface area (Å²) in [4.78, 5) is 2.07. The van der Waals surface area contributed by atoms with E-state index < -0.39 is 6.10 Å². The minimum Gasteiger partial charge on any atom is -0.491 e. The fourth-order valence-electron chi connectivity index (χ4n) is 1.94. The second kappa shape index (κ2) is 9.72. The molecule has 0 amide bonds. The van der Waals surface area contributed by atoms with Crippen molar-refractivity contribution in [2.45, 2.75) is 19.1 Å². The topological polar surface area (TPSA) is 68.0 Å². The number of aliphatic hydroxyl groups is 1. The Morgan fingerprint density at radius 3 is 2.90 bits per heavy atom. The number of nitrogens with two attached hydrogens (primary N) is 1. The van der Waals surface area contributed by atoms with Crippen molar-refractivity contribution in [2.24, 2.45) is 5.73 Å². The average molecular weight is 282 g/mol. The molecule has 1 rings (SSSR count). The molecule has 0 fully saturated rings. The Hall–Kier alpha value is -1.14. The molecular formula is C15H26N2O3. The molecule has 0 aromatic heterocycles. The van der Waals surface area contributed by atoms with E-state index in [-0.39, 0.29) is 6.61 Å². The number of benzene rings is 1. The smallest absolute Gasteiger partial charge is 0.119 e. The van der Waals surface area contributed by atoms with E-state index in [9.17, 15) is 5.11 Å². The van der Waals surface area contributed by atoms with Gasteiger partial charge in [0.25, 0.3) is 0 Å². The van der Waals surface area contributed by atoms with Gasteiger partial charge in [-0.1, -0.05) is 12.1 Å². The van der Waals surface area contributed by atoms with Crippen LogP contribution in [-0.4, -0.2) is 56.6 Å². The van der Waals surface area contributed by atoms with Crippen molar-refractivity contribution in [1.29, 1.82) is 0 Å². The lowest BCUT2D eigenvalue weighted by molar-refractivity contribution is 0.0731. The van der Waals surface area contributed by atoms with Crippen LogP contribution in [-0.2, 0) is 11.3 Å². The zero-order chi connectivity index (χ0) is 14.8. The van der Waals surface area contributed by atoms with Gasteiger partial charge in [-0.25, -0.2) is 0 Å². The molecule has 1 unspecified atom stereocenters. The van der Waals surface area contributed by atoms with Gasteiger partial charge in [-0.3, -0.25) is 0 Å². The lowest BCUT2D eigenvalue weighted by Crippen LogP contribution is -2.34. The van der Waals surface area contributed by atoms with Gasteiger partial charge < -0.3 is 25.2 Å². The molecule has 0 bridgehead atoms. The third-order valence-corrected chi connectivity index (χ3v) is 2.99. The van der Waals surface area contributed by atoms with Gasteiger partial charge in [-0.2, -0.15) is 0 Å². The molecule has 1 atom stereocenters. The molecule has 0 radical (unpaired) electrons. The van der Waals surface area contributed by atoms with Crippen LogP contribution in [0.15, 0.2) is 24.3 Å². The number of likely N-dealkylation sites (N-methyl/N-ethyl adjacent to an activating group) is 1. The molecule has 5 nitrogen and oxygen atoms in total. The Bertz CT molecular complexity index is 374. The summed E-state index contributed by atoms with van der Waals surface area (Å²) >= 11 is 0. The zero-order valence-electron chi connectivity index (χ0n) is 12.4. The number of rotatable bonds is 10. The highest BCUT2D eigenvalue weighted by atomic mass is 16.5. The molecule has 5 heteroatoms. The highest BCUT2D eigenvalue weighted by Gasteiger charge is 2.09. The van der Waals surface area contributed by atoms with Gasteiger partial charge in [0.1, 0.15) is 18.5 Å². The van der Waals surface area contributed by atoms with Crippen LogP contribution in [0.5, 0.6) is 5.75 Å². The predicted molar refractivity (Wildman–Crippen MR) is 79.8 cm³/mol. The number of hydrogen-bond acceptors (Lipinski definition) is 5. The summed E-state index contributed by atoms with van der Waals surface area (Å²) in [5, 5.41) is 9.94. The molecule has 0 aliphatic rings. The summed E-state index contributed by atoms with van der Waals surface area (Å²) < 4.78 is 10.6. The Labute approximate surface area is 121 Å². The lowest BCUT2D eigenvalue weighted by atomic mass is 10.2. The number of hydrogen-bond donors (Lipinski definition) is 2. The van der Waals surface area contributed by atoms with Crippen molar-refractivity contribution in [3.05, 3.63) is 29.8 Å². The molecule has 114 valence electrons. The zero-order valence-corrected chi connectivity index (χ0v) is 12.4. The number of nitrogens with zero attached hydrogens (tertiary/aromatic N) is 1. The minimum absolute atomic E-state index is 0.280. The average Bonchev–Trinajstić information content (AvgIpc) is 2.45.